The number of carbonyl (C=O) groups is 14. The number of alkyl halides is 1. The minimum atomic E-state index is -2.82. The number of rotatable bonds is 33. The first-order valence-electron chi connectivity index (χ1n) is 32.0. The average molecular weight is 1390 g/mol. The van der Waals surface area contributed by atoms with Crippen molar-refractivity contribution >= 4 is 94.7 Å². The standard InChI is InChI=1S/C60H101ClN12O23/c1-7-9-10-11-12-13-14-15-16-17-18-21-34(75)28-42(77)65-40-31-94-57(91)45(41(76)30-61)72-48(81)35(8-2)66-54(87)44(33(3)74)71-51(84)37(23-26-63)69-55(88)46(47(80)56(89)90)73-50(83)36(22-19-20-25-62)67-52(85)39(29-43(78)79)70-49(82)38(68-53(40)86)24-27-64-59(93)96-32-95-58(92)60(4,5)6/h8,33-34,36-41,44-47,74-76,80H,7,9-32,62-63H2,1-6H3,(H,64,93)(H,65,77)(H,66,87)(H,67,85)(H,68,86)(H,69,88)(H,70,82)(H,71,84)(H,72,81)(H,73,83)(H,78,79)(H,89,90)/b35-8+/t33-,34?,36?,37-,38?,39-,40?,41+,44?,45?,46?,47-/m0/s1. The van der Waals surface area contributed by atoms with E-state index in [0.29, 0.717) is 6.42 Å². The van der Waals surface area contributed by atoms with Crippen LogP contribution in [0, 0.1) is 5.41 Å². The van der Waals surface area contributed by atoms with Gasteiger partial charge in [0.1, 0.15) is 54.6 Å². The summed E-state index contributed by atoms with van der Waals surface area (Å²) in [6.45, 7) is 5.78. The lowest BCUT2D eigenvalue weighted by molar-refractivity contribution is -0.161. The molecule has 1 heterocycles. The predicted molar refractivity (Wildman–Crippen MR) is 340 cm³/mol. The molecule has 0 aromatic rings. The van der Waals surface area contributed by atoms with Crippen LogP contribution in [0.5, 0.6) is 0 Å². The van der Waals surface area contributed by atoms with Crippen LogP contribution in [0.4, 0.5) is 4.79 Å². The number of hydrogen-bond acceptors (Lipinski definition) is 23. The molecular formula is C60H101ClN12O23. The molecule has 7 unspecified atom stereocenters. The molecule has 0 radical (unpaired) electrons. The predicted octanol–water partition coefficient (Wildman–Crippen LogP) is -3.06. The number of esters is 2. The first-order chi connectivity index (χ1) is 45.3. The number of carboxylic acid groups (broad SMARTS) is 2. The van der Waals surface area contributed by atoms with Crippen LogP contribution in [-0.2, 0) is 76.5 Å². The number of nitrogens with one attached hydrogen (secondary N) is 10. The maximum absolute atomic E-state index is 14.6. The lowest BCUT2D eigenvalue weighted by Crippen LogP contribution is -2.63. The minimum Gasteiger partial charge on any atom is -0.481 e. The summed E-state index contributed by atoms with van der Waals surface area (Å²) in [5, 5.41) is 85.0. The maximum atomic E-state index is 14.6. The second kappa shape index (κ2) is 46.4. The number of aliphatic hydroxyl groups excluding tert-OH is 4. The quantitative estimate of drug-likeness (QED) is 0.0102. The topological polar surface area (TPSA) is 560 Å². The molecule has 35 nitrogen and oxygen atoms in total. The number of carboxylic acids is 2. The van der Waals surface area contributed by atoms with Crippen molar-refractivity contribution in [2.24, 2.45) is 16.9 Å². The molecule has 10 amide bonds. The van der Waals surface area contributed by atoms with Gasteiger partial charge in [0.25, 0.3) is 5.91 Å². The first-order valence-corrected chi connectivity index (χ1v) is 32.6. The van der Waals surface area contributed by atoms with E-state index in [2.05, 4.69) is 54.8 Å². The zero-order chi connectivity index (χ0) is 72.7. The molecule has 546 valence electrons. The highest BCUT2D eigenvalue weighted by molar-refractivity contribution is 6.18. The number of allylic oxidation sites excluding steroid dienone is 1. The second-order valence-electron chi connectivity index (χ2n) is 23.9. The van der Waals surface area contributed by atoms with Crippen molar-refractivity contribution in [3.63, 3.8) is 0 Å². The van der Waals surface area contributed by atoms with Crippen LogP contribution in [0.3, 0.4) is 0 Å². The molecule has 36 heteroatoms. The van der Waals surface area contributed by atoms with E-state index >= 15 is 0 Å². The molecule has 12 atom stereocenters. The van der Waals surface area contributed by atoms with Crippen molar-refractivity contribution in [1.82, 2.24) is 53.2 Å². The molecule has 0 aromatic heterocycles. The fourth-order valence-corrected chi connectivity index (χ4v) is 9.31. The number of hydrogen-bond donors (Lipinski definition) is 18. The molecule has 1 rings (SSSR count). The van der Waals surface area contributed by atoms with Crippen LogP contribution < -0.4 is 64.6 Å². The van der Waals surface area contributed by atoms with Crippen molar-refractivity contribution in [3.05, 3.63) is 11.8 Å². The Balaban J connectivity index is 4.15. The minimum absolute atomic E-state index is 0.00707. The van der Waals surface area contributed by atoms with Gasteiger partial charge in [-0.2, -0.15) is 0 Å². The number of alkyl carbamates (subject to hydrolysis) is 1. The van der Waals surface area contributed by atoms with E-state index < -0.39 is 231 Å². The van der Waals surface area contributed by atoms with E-state index in [9.17, 15) is 97.8 Å². The van der Waals surface area contributed by atoms with E-state index in [1.807, 2.05) is 5.32 Å². The van der Waals surface area contributed by atoms with Gasteiger partial charge >= 0.3 is 30.0 Å². The fraction of sp³-hybridized carbons (Fsp3) is 0.733. The Hall–Kier alpha value is -7.83. The number of aliphatic hydroxyl groups is 4. The monoisotopic (exact) mass is 1390 g/mol. The number of nitrogens with two attached hydrogens (primary N) is 2. The van der Waals surface area contributed by atoms with Crippen LogP contribution >= 0.6 is 11.6 Å². The van der Waals surface area contributed by atoms with Crippen LogP contribution in [0.2, 0.25) is 0 Å². The van der Waals surface area contributed by atoms with E-state index in [0.717, 1.165) is 57.9 Å². The molecule has 96 heavy (non-hydrogen) atoms. The molecule has 1 aliphatic heterocycles. The molecular weight excluding hydrogens is 1290 g/mol. The third-order valence-electron chi connectivity index (χ3n) is 14.7. The third-order valence-corrected chi connectivity index (χ3v) is 15.0. The molecule has 0 aromatic carbocycles. The number of amides is 10. The molecule has 0 aliphatic carbocycles. The fourth-order valence-electron chi connectivity index (χ4n) is 9.14. The first kappa shape index (κ1) is 86.2. The summed E-state index contributed by atoms with van der Waals surface area (Å²) in [4.78, 5) is 190. The third kappa shape index (κ3) is 33.7. The Morgan fingerprint density at radius 1 is 0.646 bits per heavy atom. The zero-order valence-corrected chi connectivity index (χ0v) is 56.1. The van der Waals surface area contributed by atoms with Gasteiger partial charge in [-0.1, -0.05) is 83.6 Å². The van der Waals surface area contributed by atoms with E-state index in [1.165, 1.54) is 47.0 Å². The summed E-state index contributed by atoms with van der Waals surface area (Å²) in [5.74, 6) is -19.3. The van der Waals surface area contributed by atoms with Gasteiger partial charge in [-0.3, -0.25) is 52.7 Å². The second-order valence-corrected chi connectivity index (χ2v) is 24.3. The van der Waals surface area contributed by atoms with Gasteiger partial charge in [0.15, 0.2) is 12.1 Å². The zero-order valence-electron chi connectivity index (χ0n) is 55.3. The Bertz CT molecular complexity index is 2610. The smallest absolute Gasteiger partial charge is 0.410 e. The highest BCUT2D eigenvalue weighted by Gasteiger charge is 2.41. The lowest BCUT2D eigenvalue weighted by Gasteiger charge is -2.29. The van der Waals surface area contributed by atoms with Crippen molar-refractivity contribution in [2.45, 2.75) is 236 Å². The SMILES string of the molecule is C/C=C1/NC(=O)C([C@H](C)O)NC(=O)[C@H](CCN)NC(=O)C([C@H](O)C(=O)O)NC(=O)C(CCCCN)NC(=O)[C@H](CC(=O)O)NC(=O)C(CCNC(=O)OCOC(=O)C(C)(C)C)NC(=O)C(NC(=O)CC(O)CCCCCCCCCCCCC)COC(=O)C([C@H](O)CCl)NC1=O. The Kier molecular flexibility index (Phi) is 41.6. The van der Waals surface area contributed by atoms with Crippen LogP contribution in [0.15, 0.2) is 11.8 Å². The van der Waals surface area contributed by atoms with Gasteiger partial charge in [-0.25, -0.2) is 14.4 Å². The summed E-state index contributed by atoms with van der Waals surface area (Å²) in [7, 11) is 0. The summed E-state index contributed by atoms with van der Waals surface area (Å²) >= 11 is 5.94. The molecule has 1 fully saturated rings. The number of cyclic esters (lactones) is 1. The Morgan fingerprint density at radius 2 is 1.18 bits per heavy atom. The summed E-state index contributed by atoms with van der Waals surface area (Å²) in [5.41, 5.74) is 9.67. The number of unbranched alkanes of at least 4 members (excludes halogenated alkanes) is 11. The number of aliphatic carboxylic acids is 2. The number of carbonyl (C=O) groups excluding carboxylic acids is 12. The number of ether oxygens (including phenoxy) is 3. The summed E-state index contributed by atoms with van der Waals surface area (Å²) < 4.78 is 15.2. The van der Waals surface area contributed by atoms with Crippen molar-refractivity contribution in [3.8, 4) is 0 Å². The van der Waals surface area contributed by atoms with Gasteiger partial charge in [0.05, 0.1) is 42.4 Å². The lowest BCUT2D eigenvalue weighted by atomic mass is 9.98. The average Bonchev–Trinajstić information content (AvgIpc) is 0.934. The van der Waals surface area contributed by atoms with Crippen molar-refractivity contribution in [1.29, 1.82) is 0 Å². The summed E-state index contributed by atoms with van der Waals surface area (Å²) in [6.07, 6.45) is -0.486. The van der Waals surface area contributed by atoms with Crippen molar-refractivity contribution in [2.75, 3.05) is 38.9 Å². The van der Waals surface area contributed by atoms with E-state index in [1.54, 1.807) is 0 Å². The van der Waals surface area contributed by atoms with Crippen LogP contribution in [-0.4, -0.2) is 225 Å². The van der Waals surface area contributed by atoms with Crippen LogP contribution in [0.25, 0.3) is 0 Å². The van der Waals surface area contributed by atoms with Crippen LogP contribution in [0.1, 0.15) is 164 Å². The normalized spacial score (nSPS) is 22.8. The van der Waals surface area contributed by atoms with Gasteiger partial charge in [-0.15, -0.1) is 11.6 Å². The highest BCUT2D eigenvalue weighted by Crippen LogP contribution is 2.17. The summed E-state index contributed by atoms with van der Waals surface area (Å²) in [6, 6.07) is -16.8. The maximum Gasteiger partial charge on any atom is 0.410 e. The van der Waals surface area contributed by atoms with Crippen molar-refractivity contribution < 1.29 is 112 Å². The number of halogens is 1. The Labute approximate surface area is 561 Å². The van der Waals surface area contributed by atoms with Gasteiger partial charge in [-0.05, 0) is 86.2 Å². The molecule has 0 bridgehead atoms. The van der Waals surface area contributed by atoms with E-state index in [4.69, 9.17) is 37.3 Å². The molecule has 1 saturated heterocycles. The Morgan fingerprint density at radius 3 is 1.72 bits per heavy atom. The molecule has 20 N–H and O–H groups in total. The largest absolute Gasteiger partial charge is 0.481 e. The molecule has 1 aliphatic rings. The van der Waals surface area contributed by atoms with Gasteiger partial charge in [0, 0.05) is 6.54 Å². The molecule has 0 spiro atoms. The van der Waals surface area contributed by atoms with E-state index in [-0.39, 0.29) is 25.8 Å². The highest BCUT2D eigenvalue weighted by atomic mass is 35.5. The van der Waals surface area contributed by atoms with Gasteiger partial charge < -0.3 is 109 Å². The van der Waals surface area contributed by atoms with Gasteiger partial charge in [0.2, 0.25) is 54.1 Å². The molecule has 0 saturated carbocycles.